The van der Waals surface area contributed by atoms with E-state index in [-0.39, 0.29) is 18.4 Å². The van der Waals surface area contributed by atoms with Crippen molar-refractivity contribution in [2.75, 3.05) is 19.7 Å². The van der Waals surface area contributed by atoms with Gasteiger partial charge in [0.1, 0.15) is 0 Å². The molecule has 0 spiro atoms. The largest absolute Gasteiger partial charge is 0.396 e. The molecule has 4 heteroatoms. The highest BCUT2D eigenvalue weighted by Gasteiger charge is 2.32. The molecule has 4 nitrogen and oxygen atoms in total. The SMILES string of the molecule is CCCC(=O)N1C[C@@H](CO)[C@@H](O)C1. The van der Waals surface area contributed by atoms with Gasteiger partial charge in [0.2, 0.25) is 5.91 Å². The Hall–Kier alpha value is -0.610. The number of hydrogen-bond donors (Lipinski definition) is 2. The van der Waals surface area contributed by atoms with Crippen molar-refractivity contribution in [1.29, 1.82) is 0 Å². The Morgan fingerprint density at radius 1 is 1.54 bits per heavy atom. The van der Waals surface area contributed by atoms with Gasteiger partial charge in [-0.05, 0) is 6.42 Å². The summed E-state index contributed by atoms with van der Waals surface area (Å²) in [7, 11) is 0. The molecule has 0 unspecified atom stereocenters. The number of nitrogens with zero attached hydrogens (tertiary/aromatic N) is 1. The number of hydrogen-bond acceptors (Lipinski definition) is 3. The third-order valence-electron chi connectivity index (χ3n) is 2.46. The zero-order valence-electron chi connectivity index (χ0n) is 7.94. The van der Waals surface area contributed by atoms with E-state index in [0.29, 0.717) is 19.5 Å². The van der Waals surface area contributed by atoms with Crippen LogP contribution in [0, 0.1) is 5.92 Å². The predicted octanol–water partition coefficient (Wildman–Crippen LogP) is -0.402. The maximum atomic E-state index is 11.4. The minimum Gasteiger partial charge on any atom is -0.396 e. The van der Waals surface area contributed by atoms with Gasteiger partial charge in [-0.15, -0.1) is 0 Å². The Morgan fingerprint density at radius 3 is 2.69 bits per heavy atom. The zero-order valence-corrected chi connectivity index (χ0v) is 7.94. The van der Waals surface area contributed by atoms with Crippen LogP contribution in [0.5, 0.6) is 0 Å². The standard InChI is InChI=1S/C9H17NO3/c1-2-3-9(13)10-4-7(6-11)8(12)5-10/h7-8,11-12H,2-6H2,1H3/t7-,8-/m0/s1. The first-order valence-corrected chi connectivity index (χ1v) is 4.75. The summed E-state index contributed by atoms with van der Waals surface area (Å²) < 4.78 is 0. The van der Waals surface area contributed by atoms with E-state index in [1.165, 1.54) is 0 Å². The molecule has 76 valence electrons. The van der Waals surface area contributed by atoms with Crippen molar-refractivity contribution in [2.45, 2.75) is 25.9 Å². The molecule has 1 aliphatic rings. The molecule has 1 fully saturated rings. The molecule has 0 aromatic heterocycles. The maximum Gasteiger partial charge on any atom is 0.222 e. The van der Waals surface area contributed by atoms with E-state index in [0.717, 1.165) is 6.42 Å². The molecule has 2 atom stereocenters. The second-order valence-electron chi connectivity index (χ2n) is 3.56. The third kappa shape index (κ3) is 2.42. The van der Waals surface area contributed by atoms with Crippen LogP contribution in [0.3, 0.4) is 0 Å². The summed E-state index contributed by atoms with van der Waals surface area (Å²) >= 11 is 0. The first kappa shape index (κ1) is 10.5. The molecule has 1 aliphatic heterocycles. The molecule has 0 aromatic carbocycles. The molecular formula is C9H17NO3. The van der Waals surface area contributed by atoms with Crippen LogP contribution >= 0.6 is 0 Å². The highest BCUT2D eigenvalue weighted by atomic mass is 16.3. The van der Waals surface area contributed by atoms with Gasteiger partial charge in [-0.2, -0.15) is 0 Å². The van der Waals surface area contributed by atoms with Gasteiger partial charge >= 0.3 is 0 Å². The van der Waals surface area contributed by atoms with Crippen molar-refractivity contribution in [2.24, 2.45) is 5.92 Å². The highest BCUT2D eigenvalue weighted by Crippen LogP contribution is 2.17. The normalized spacial score (nSPS) is 28.1. The minimum absolute atomic E-state index is 0.0446. The average molecular weight is 187 g/mol. The molecule has 2 N–H and O–H groups in total. The molecule has 0 aromatic rings. The van der Waals surface area contributed by atoms with Crippen LogP contribution in [0.1, 0.15) is 19.8 Å². The number of carbonyl (C=O) groups excluding carboxylic acids is 1. The molecular weight excluding hydrogens is 170 g/mol. The van der Waals surface area contributed by atoms with Gasteiger partial charge < -0.3 is 15.1 Å². The molecule has 0 saturated carbocycles. The fourth-order valence-corrected chi connectivity index (χ4v) is 1.61. The Labute approximate surface area is 78.2 Å². The summed E-state index contributed by atoms with van der Waals surface area (Å²) in [5.74, 6) is -0.0710. The molecule has 0 bridgehead atoms. The number of amides is 1. The summed E-state index contributed by atoms with van der Waals surface area (Å²) in [5, 5.41) is 18.3. The summed E-state index contributed by atoms with van der Waals surface area (Å²) in [6.45, 7) is 2.78. The van der Waals surface area contributed by atoms with Crippen molar-refractivity contribution < 1.29 is 15.0 Å². The molecule has 0 aliphatic carbocycles. The van der Waals surface area contributed by atoms with E-state index >= 15 is 0 Å². The fourth-order valence-electron chi connectivity index (χ4n) is 1.61. The van der Waals surface area contributed by atoms with E-state index in [4.69, 9.17) is 5.11 Å². The summed E-state index contributed by atoms with van der Waals surface area (Å²) in [6.07, 6.45) is 0.811. The van der Waals surface area contributed by atoms with Gasteiger partial charge in [0, 0.05) is 25.4 Å². The van der Waals surface area contributed by atoms with Gasteiger partial charge in [0.25, 0.3) is 0 Å². The van der Waals surface area contributed by atoms with Crippen molar-refractivity contribution in [3.8, 4) is 0 Å². The molecule has 1 amide bonds. The third-order valence-corrected chi connectivity index (χ3v) is 2.46. The van der Waals surface area contributed by atoms with Crippen molar-refractivity contribution in [3.63, 3.8) is 0 Å². The van der Waals surface area contributed by atoms with Gasteiger partial charge in [-0.1, -0.05) is 6.92 Å². The molecule has 1 rings (SSSR count). The lowest BCUT2D eigenvalue weighted by atomic mass is 10.1. The number of aliphatic hydroxyl groups is 2. The van der Waals surface area contributed by atoms with E-state index in [2.05, 4.69) is 0 Å². The lowest BCUT2D eigenvalue weighted by molar-refractivity contribution is -0.130. The summed E-state index contributed by atoms with van der Waals surface area (Å²) in [5.41, 5.74) is 0. The first-order chi connectivity index (χ1) is 6.19. The molecule has 13 heavy (non-hydrogen) atoms. The van der Waals surface area contributed by atoms with Crippen LogP contribution in [-0.2, 0) is 4.79 Å². The Kier molecular flexibility index (Phi) is 3.69. The van der Waals surface area contributed by atoms with E-state index in [9.17, 15) is 9.90 Å². The van der Waals surface area contributed by atoms with Crippen molar-refractivity contribution in [1.82, 2.24) is 4.90 Å². The topological polar surface area (TPSA) is 60.8 Å². The molecule has 1 heterocycles. The van der Waals surface area contributed by atoms with Crippen molar-refractivity contribution >= 4 is 5.91 Å². The van der Waals surface area contributed by atoms with Gasteiger partial charge in [-0.25, -0.2) is 0 Å². The van der Waals surface area contributed by atoms with E-state index in [1.54, 1.807) is 4.90 Å². The van der Waals surface area contributed by atoms with Crippen LogP contribution in [-0.4, -0.2) is 46.8 Å². The summed E-state index contributed by atoms with van der Waals surface area (Å²) in [6, 6.07) is 0. The number of aliphatic hydroxyl groups excluding tert-OH is 2. The van der Waals surface area contributed by atoms with Gasteiger partial charge in [0.05, 0.1) is 12.7 Å². The Balaban J connectivity index is 2.43. The monoisotopic (exact) mass is 187 g/mol. The number of likely N-dealkylation sites (tertiary alicyclic amines) is 1. The van der Waals surface area contributed by atoms with Crippen LogP contribution in [0.2, 0.25) is 0 Å². The zero-order chi connectivity index (χ0) is 9.84. The molecule has 0 radical (unpaired) electrons. The second-order valence-corrected chi connectivity index (χ2v) is 3.56. The van der Waals surface area contributed by atoms with Crippen molar-refractivity contribution in [3.05, 3.63) is 0 Å². The first-order valence-electron chi connectivity index (χ1n) is 4.75. The number of carbonyl (C=O) groups is 1. The predicted molar refractivity (Wildman–Crippen MR) is 48.1 cm³/mol. The lowest BCUT2D eigenvalue weighted by Gasteiger charge is -2.14. The van der Waals surface area contributed by atoms with Gasteiger partial charge in [0.15, 0.2) is 0 Å². The van der Waals surface area contributed by atoms with E-state index in [1.807, 2.05) is 6.92 Å². The smallest absolute Gasteiger partial charge is 0.222 e. The van der Waals surface area contributed by atoms with E-state index < -0.39 is 6.10 Å². The van der Waals surface area contributed by atoms with Gasteiger partial charge in [-0.3, -0.25) is 4.79 Å². The van der Waals surface area contributed by atoms with Crippen LogP contribution in [0.4, 0.5) is 0 Å². The number of rotatable bonds is 3. The maximum absolute atomic E-state index is 11.4. The Morgan fingerprint density at radius 2 is 2.23 bits per heavy atom. The Bertz CT molecular complexity index is 184. The molecule has 1 saturated heterocycles. The lowest BCUT2D eigenvalue weighted by Crippen LogP contribution is -2.29. The highest BCUT2D eigenvalue weighted by molar-refractivity contribution is 5.76. The van der Waals surface area contributed by atoms with Crippen LogP contribution in [0.15, 0.2) is 0 Å². The minimum atomic E-state index is -0.550. The second kappa shape index (κ2) is 4.58. The average Bonchev–Trinajstić information content (AvgIpc) is 2.47. The summed E-state index contributed by atoms with van der Waals surface area (Å²) in [4.78, 5) is 13.0. The van der Waals surface area contributed by atoms with Crippen LogP contribution < -0.4 is 0 Å². The van der Waals surface area contributed by atoms with Crippen LogP contribution in [0.25, 0.3) is 0 Å². The quantitative estimate of drug-likeness (QED) is 0.632. The number of β-amino-alcohol motifs (C(OH)–C–C–N with tert-alkyl or cyclic N) is 1. The fraction of sp³-hybridized carbons (Fsp3) is 0.889.